The normalized spacial score (nSPS) is 13.2. The van der Waals surface area contributed by atoms with Gasteiger partial charge in [0, 0.05) is 11.1 Å². The molecule has 2 aromatic heterocycles. The molecule has 0 amide bonds. The summed E-state index contributed by atoms with van der Waals surface area (Å²) in [4.78, 5) is 12.5. The van der Waals surface area contributed by atoms with Crippen LogP contribution in [0.2, 0.25) is 0 Å². The van der Waals surface area contributed by atoms with E-state index in [0.717, 1.165) is 35.3 Å². The SMILES string of the molecule is CC(C)(C)CCc1nc(C(C)(C)C)cc2[nH]cnc12. The minimum Gasteiger partial charge on any atom is -0.344 e. The van der Waals surface area contributed by atoms with Crippen molar-refractivity contribution in [3.63, 3.8) is 0 Å². The predicted molar refractivity (Wildman–Crippen MR) is 80.4 cm³/mol. The third kappa shape index (κ3) is 3.34. The maximum atomic E-state index is 4.86. The van der Waals surface area contributed by atoms with E-state index in [1.165, 1.54) is 0 Å². The summed E-state index contributed by atoms with van der Waals surface area (Å²) < 4.78 is 0. The predicted octanol–water partition coefficient (Wildman–Crippen LogP) is 4.23. The standard InChI is InChI=1S/C16H25N3/c1-15(2,3)8-7-11-14-12(17-10-18-14)9-13(19-11)16(4,5)6/h9-10H,7-8H2,1-6H3,(H,17,18). The highest BCUT2D eigenvalue weighted by molar-refractivity contribution is 5.77. The van der Waals surface area contributed by atoms with Crippen LogP contribution in [0.5, 0.6) is 0 Å². The number of hydrogen-bond donors (Lipinski definition) is 1. The van der Waals surface area contributed by atoms with Gasteiger partial charge in [-0.3, -0.25) is 4.98 Å². The van der Waals surface area contributed by atoms with Crippen molar-refractivity contribution in [3.8, 4) is 0 Å². The van der Waals surface area contributed by atoms with Gasteiger partial charge in [-0.15, -0.1) is 0 Å². The zero-order chi connectivity index (χ0) is 14.3. The molecule has 0 unspecified atom stereocenters. The molecular weight excluding hydrogens is 234 g/mol. The average molecular weight is 259 g/mol. The van der Waals surface area contributed by atoms with Gasteiger partial charge in [0.1, 0.15) is 5.52 Å². The summed E-state index contributed by atoms with van der Waals surface area (Å²) in [5.41, 5.74) is 4.77. The molecule has 0 saturated carbocycles. The first-order chi connectivity index (χ1) is 8.67. The van der Waals surface area contributed by atoms with E-state index in [-0.39, 0.29) is 5.41 Å². The van der Waals surface area contributed by atoms with Gasteiger partial charge in [0.25, 0.3) is 0 Å². The number of nitrogens with one attached hydrogen (secondary N) is 1. The Bertz CT molecular complexity index is 568. The van der Waals surface area contributed by atoms with Crippen LogP contribution in [0.15, 0.2) is 12.4 Å². The van der Waals surface area contributed by atoms with Crippen LogP contribution in [0.3, 0.4) is 0 Å². The molecule has 0 spiro atoms. The Morgan fingerprint density at radius 3 is 2.37 bits per heavy atom. The van der Waals surface area contributed by atoms with Crippen molar-refractivity contribution < 1.29 is 0 Å². The molecule has 0 aliphatic heterocycles. The molecule has 104 valence electrons. The number of aromatic nitrogens is 3. The lowest BCUT2D eigenvalue weighted by molar-refractivity contribution is 0.376. The second-order valence-electron chi connectivity index (χ2n) is 7.56. The van der Waals surface area contributed by atoms with Crippen molar-refractivity contribution in [3.05, 3.63) is 23.8 Å². The summed E-state index contributed by atoms with van der Waals surface area (Å²) in [6, 6.07) is 2.13. The number of imidazole rings is 1. The Morgan fingerprint density at radius 1 is 1.11 bits per heavy atom. The van der Waals surface area contributed by atoms with Crippen LogP contribution in [0.4, 0.5) is 0 Å². The Hall–Kier alpha value is -1.38. The van der Waals surface area contributed by atoms with Gasteiger partial charge in [0.2, 0.25) is 0 Å². The van der Waals surface area contributed by atoms with Crippen LogP contribution in [0.1, 0.15) is 59.4 Å². The van der Waals surface area contributed by atoms with Gasteiger partial charge in [0.05, 0.1) is 17.5 Å². The third-order valence-corrected chi connectivity index (χ3v) is 3.36. The Kier molecular flexibility index (Phi) is 3.41. The highest BCUT2D eigenvalue weighted by atomic mass is 14.9. The van der Waals surface area contributed by atoms with Crippen LogP contribution < -0.4 is 0 Å². The number of aryl methyl sites for hydroxylation is 1. The molecule has 19 heavy (non-hydrogen) atoms. The molecule has 0 saturated heterocycles. The van der Waals surface area contributed by atoms with E-state index >= 15 is 0 Å². The lowest BCUT2D eigenvalue weighted by atomic mass is 9.88. The van der Waals surface area contributed by atoms with Crippen LogP contribution in [-0.4, -0.2) is 15.0 Å². The van der Waals surface area contributed by atoms with Crippen molar-refractivity contribution in [1.82, 2.24) is 15.0 Å². The molecule has 3 nitrogen and oxygen atoms in total. The Morgan fingerprint density at radius 2 is 1.79 bits per heavy atom. The van der Waals surface area contributed by atoms with Gasteiger partial charge in [-0.05, 0) is 24.3 Å². The van der Waals surface area contributed by atoms with Crippen molar-refractivity contribution >= 4 is 11.0 Å². The molecule has 0 radical (unpaired) electrons. The van der Waals surface area contributed by atoms with Gasteiger partial charge in [0.15, 0.2) is 0 Å². The van der Waals surface area contributed by atoms with E-state index in [2.05, 4.69) is 57.6 Å². The number of hydrogen-bond acceptors (Lipinski definition) is 2. The molecule has 2 rings (SSSR count). The van der Waals surface area contributed by atoms with Gasteiger partial charge in [-0.2, -0.15) is 0 Å². The van der Waals surface area contributed by atoms with E-state index in [1.807, 2.05) is 0 Å². The number of nitrogens with zero attached hydrogens (tertiary/aromatic N) is 2. The highest BCUT2D eigenvalue weighted by Crippen LogP contribution is 2.27. The second kappa shape index (κ2) is 4.62. The molecule has 3 heteroatoms. The first-order valence-corrected chi connectivity index (χ1v) is 7.00. The minimum atomic E-state index is 0.0653. The van der Waals surface area contributed by atoms with Crippen LogP contribution >= 0.6 is 0 Å². The highest BCUT2D eigenvalue weighted by Gasteiger charge is 2.20. The lowest BCUT2D eigenvalue weighted by Crippen LogP contribution is -2.15. The number of rotatable bonds is 2. The number of aromatic amines is 1. The summed E-state index contributed by atoms with van der Waals surface area (Å²) >= 11 is 0. The van der Waals surface area contributed by atoms with Crippen LogP contribution in [-0.2, 0) is 11.8 Å². The molecular formula is C16H25N3. The lowest BCUT2D eigenvalue weighted by Gasteiger charge is -2.21. The molecule has 0 aliphatic carbocycles. The van der Waals surface area contributed by atoms with Gasteiger partial charge < -0.3 is 4.98 Å². The van der Waals surface area contributed by atoms with Crippen LogP contribution in [0.25, 0.3) is 11.0 Å². The van der Waals surface area contributed by atoms with Gasteiger partial charge in [-0.25, -0.2) is 4.98 Å². The fraction of sp³-hybridized carbons (Fsp3) is 0.625. The smallest absolute Gasteiger partial charge is 0.110 e. The van der Waals surface area contributed by atoms with E-state index in [4.69, 9.17) is 4.98 Å². The molecule has 1 N–H and O–H groups in total. The van der Waals surface area contributed by atoms with E-state index in [0.29, 0.717) is 5.41 Å². The average Bonchev–Trinajstić information content (AvgIpc) is 2.71. The van der Waals surface area contributed by atoms with E-state index in [9.17, 15) is 0 Å². The number of H-pyrrole nitrogens is 1. The molecule has 0 bridgehead atoms. The summed E-state index contributed by atoms with van der Waals surface area (Å²) in [5.74, 6) is 0. The molecule has 0 aromatic carbocycles. The fourth-order valence-electron chi connectivity index (χ4n) is 2.06. The van der Waals surface area contributed by atoms with Crippen molar-refractivity contribution in [2.45, 2.75) is 59.8 Å². The van der Waals surface area contributed by atoms with Crippen molar-refractivity contribution in [2.75, 3.05) is 0 Å². The minimum absolute atomic E-state index is 0.0653. The summed E-state index contributed by atoms with van der Waals surface area (Å²) in [5, 5.41) is 0. The number of pyridine rings is 1. The van der Waals surface area contributed by atoms with Crippen molar-refractivity contribution in [2.24, 2.45) is 5.41 Å². The molecule has 0 aliphatic rings. The topological polar surface area (TPSA) is 41.6 Å². The van der Waals surface area contributed by atoms with Gasteiger partial charge in [-0.1, -0.05) is 41.5 Å². The zero-order valence-electron chi connectivity index (χ0n) is 13.0. The van der Waals surface area contributed by atoms with Gasteiger partial charge >= 0.3 is 0 Å². The molecule has 0 atom stereocenters. The molecule has 2 aromatic rings. The zero-order valence-corrected chi connectivity index (χ0v) is 13.0. The maximum absolute atomic E-state index is 4.86. The summed E-state index contributed by atoms with van der Waals surface area (Å²) in [6.45, 7) is 13.4. The summed E-state index contributed by atoms with van der Waals surface area (Å²) in [6.07, 6.45) is 3.86. The monoisotopic (exact) mass is 259 g/mol. The first kappa shape index (κ1) is 14.0. The Labute approximate surface area is 115 Å². The van der Waals surface area contributed by atoms with Crippen LogP contribution in [0, 0.1) is 5.41 Å². The molecule has 0 fully saturated rings. The first-order valence-electron chi connectivity index (χ1n) is 7.00. The maximum Gasteiger partial charge on any atom is 0.110 e. The fourth-order valence-corrected chi connectivity index (χ4v) is 2.06. The number of fused-ring (bicyclic) bond motifs is 1. The Balaban J connectivity index is 2.43. The van der Waals surface area contributed by atoms with Crippen molar-refractivity contribution in [1.29, 1.82) is 0 Å². The largest absolute Gasteiger partial charge is 0.344 e. The third-order valence-electron chi connectivity index (χ3n) is 3.36. The summed E-state index contributed by atoms with van der Waals surface area (Å²) in [7, 11) is 0. The van der Waals surface area contributed by atoms with E-state index in [1.54, 1.807) is 6.33 Å². The second-order valence-corrected chi connectivity index (χ2v) is 7.56. The molecule has 2 heterocycles. The quantitative estimate of drug-likeness (QED) is 0.876. The van der Waals surface area contributed by atoms with E-state index < -0.39 is 0 Å².